The summed E-state index contributed by atoms with van der Waals surface area (Å²) in [5, 5.41) is 0.948. The number of benzene rings is 1. The molecule has 0 amide bonds. The van der Waals surface area contributed by atoms with Crippen molar-refractivity contribution in [2.45, 2.75) is 26.2 Å². The zero-order valence-electron chi connectivity index (χ0n) is 9.50. The van der Waals surface area contributed by atoms with E-state index in [0.717, 1.165) is 17.2 Å². The molecule has 2 rings (SSSR count). The number of rotatable bonds is 1. The summed E-state index contributed by atoms with van der Waals surface area (Å²) >= 11 is 5.84. The van der Waals surface area contributed by atoms with Crippen LogP contribution in [-0.4, -0.2) is 6.29 Å². The lowest BCUT2D eigenvalue weighted by molar-refractivity contribution is 0.112. The van der Waals surface area contributed by atoms with E-state index in [1.165, 1.54) is 0 Å². The normalized spacial score (nSPS) is 12.0. The zero-order chi connectivity index (χ0) is 11.9. The fourth-order valence-corrected chi connectivity index (χ4v) is 1.89. The van der Waals surface area contributed by atoms with Crippen molar-refractivity contribution in [2.24, 2.45) is 0 Å². The predicted octanol–water partition coefficient (Wildman–Crippen LogP) is 4.20. The van der Waals surface area contributed by atoms with Crippen LogP contribution >= 0.6 is 11.6 Å². The maximum atomic E-state index is 10.9. The summed E-state index contributed by atoms with van der Waals surface area (Å²) in [4.78, 5) is 10.9. The van der Waals surface area contributed by atoms with Crippen LogP contribution in [0.15, 0.2) is 22.6 Å². The van der Waals surface area contributed by atoms with E-state index in [0.29, 0.717) is 11.1 Å². The van der Waals surface area contributed by atoms with Gasteiger partial charge in [-0.3, -0.25) is 4.79 Å². The van der Waals surface area contributed by atoms with E-state index in [1.54, 1.807) is 0 Å². The summed E-state index contributed by atoms with van der Waals surface area (Å²) in [5.41, 5.74) is 2.28. The van der Waals surface area contributed by atoms with E-state index in [4.69, 9.17) is 16.0 Å². The van der Waals surface area contributed by atoms with E-state index in [1.807, 2.05) is 18.2 Å². The van der Waals surface area contributed by atoms with Crippen molar-refractivity contribution in [2.75, 3.05) is 0 Å². The Kier molecular flexibility index (Phi) is 2.55. The first-order chi connectivity index (χ1) is 7.43. The number of halogens is 1. The first-order valence-electron chi connectivity index (χ1n) is 5.11. The topological polar surface area (TPSA) is 30.2 Å². The molecule has 0 spiro atoms. The quantitative estimate of drug-likeness (QED) is 0.695. The second-order valence-electron chi connectivity index (χ2n) is 4.87. The van der Waals surface area contributed by atoms with Crippen LogP contribution in [0, 0.1) is 0 Å². The first kappa shape index (κ1) is 11.2. The van der Waals surface area contributed by atoms with Gasteiger partial charge in [0.05, 0.1) is 5.56 Å². The van der Waals surface area contributed by atoms with Crippen molar-refractivity contribution in [1.29, 1.82) is 0 Å². The second-order valence-corrected chi connectivity index (χ2v) is 5.21. The summed E-state index contributed by atoms with van der Waals surface area (Å²) in [6.07, 6.45) is 0.737. The van der Waals surface area contributed by atoms with E-state index in [2.05, 4.69) is 20.8 Å². The minimum absolute atomic E-state index is 0.0398. The van der Waals surface area contributed by atoms with Gasteiger partial charge in [-0.25, -0.2) is 0 Å². The molecule has 0 atom stereocenters. The highest BCUT2D eigenvalue weighted by Gasteiger charge is 2.17. The maximum Gasteiger partial charge on any atom is 0.205 e. The number of aldehydes is 1. The molecule has 0 aliphatic heterocycles. The molecule has 0 fully saturated rings. The van der Waals surface area contributed by atoms with Crippen molar-refractivity contribution in [3.8, 4) is 0 Å². The highest BCUT2D eigenvalue weighted by Crippen LogP contribution is 2.32. The molecule has 0 unspecified atom stereocenters. The van der Waals surface area contributed by atoms with Gasteiger partial charge in [-0.1, -0.05) is 26.8 Å². The lowest BCUT2D eigenvalue weighted by atomic mass is 9.86. The van der Waals surface area contributed by atoms with Crippen LogP contribution in [0.4, 0.5) is 0 Å². The van der Waals surface area contributed by atoms with Crippen LogP contribution in [0.3, 0.4) is 0 Å². The average molecular weight is 237 g/mol. The first-order valence-corrected chi connectivity index (χ1v) is 5.49. The lowest BCUT2D eigenvalue weighted by Gasteiger charge is -2.18. The molecule has 2 nitrogen and oxygen atoms in total. The van der Waals surface area contributed by atoms with Crippen LogP contribution in [0.2, 0.25) is 5.22 Å². The molecule has 2 aromatic rings. The van der Waals surface area contributed by atoms with Crippen LogP contribution in [0.1, 0.15) is 36.7 Å². The van der Waals surface area contributed by atoms with Crippen molar-refractivity contribution in [3.63, 3.8) is 0 Å². The van der Waals surface area contributed by atoms with Gasteiger partial charge in [0.15, 0.2) is 6.29 Å². The SMILES string of the molecule is CC(C)(C)c1ccc2oc(Cl)c(C=O)c2c1. The van der Waals surface area contributed by atoms with Crippen LogP contribution in [0.25, 0.3) is 11.0 Å². The van der Waals surface area contributed by atoms with Crippen molar-refractivity contribution in [1.82, 2.24) is 0 Å². The highest BCUT2D eigenvalue weighted by molar-refractivity contribution is 6.33. The number of hydrogen-bond donors (Lipinski definition) is 0. The minimum Gasteiger partial charge on any atom is -0.444 e. The summed E-state index contributed by atoms with van der Waals surface area (Å²) < 4.78 is 5.29. The summed E-state index contributed by atoms with van der Waals surface area (Å²) in [7, 11) is 0. The fourth-order valence-electron chi connectivity index (χ4n) is 1.66. The minimum atomic E-state index is 0.0398. The molecule has 0 N–H and O–H groups in total. The Bertz CT molecular complexity index is 547. The Balaban J connectivity index is 2.73. The van der Waals surface area contributed by atoms with E-state index in [9.17, 15) is 4.79 Å². The van der Waals surface area contributed by atoms with Gasteiger partial charge < -0.3 is 4.42 Å². The Hall–Kier alpha value is -1.28. The molecule has 1 aromatic heterocycles. The third kappa shape index (κ3) is 1.74. The zero-order valence-corrected chi connectivity index (χ0v) is 10.3. The molecule has 84 valence electrons. The van der Waals surface area contributed by atoms with Gasteiger partial charge in [0, 0.05) is 5.39 Å². The van der Waals surface area contributed by atoms with Crippen molar-refractivity contribution in [3.05, 3.63) is 34.5 Å². The molecular weight excluding hydrogens is 224 g/mol. The van der Waals surface area contributed by atoms with Gasteiger partial charge in [0.2, 0.25) is 5.22 Å². The van der Waals surface area contributed by atoms with Gasteiger partial charge in [0.25, 0.3) is 0 Å². The number of fused-ring (bicyclic) bond motifs is 1. The molecule has 3 heteroatoms. The standard InChI is InChI=1S/C13H13ClO2/c1-13(2,3)8-4-5-11-9(6-8)10(7-15)12(14)16-11/h4-7H,1-3H3. The molecule has 1 aromatic carbocycles. The summed E-state index contributed by atoms with van der Waals surface area (Å²) in [5.74, 6) is 0. The fraction of sp³-hybridized carbons (Fsp3) is 0.308. The van der Waals surface area contributed by atoms with Crippen LogP contribution < -0.4 is 0 Å². The molecule has 0 radical (unpaired) electrons. The van der Waals surface area contributed by atoms with Gasteiger partial charge in [-0.05, 0) is 34.7 Å². The van der Waals surface area contributed by atoms with E-state index >= 15 is 0 Å². The van der Waals surface area contributed by atoms with Crippen LogP contribution in [-0.2, 0) is 5.41 Å². The molecule has 1 heterocycles. The Morgan fingerprint density at radius 2 is 2.00 bits per heavy atom. The lowest BCUT2D eigenvalue weighted by Crippen LogP contribution is -2.10. The monoisotopic (exact) mass is 236 g/mol. The molecule has 0 bridgehead atoms. The largest absolute Gasteiger partial charge is 0.444 e. The van der Waals surface area contributed by atoms with Crippen molar-refractivity contribution < 1.29 is 9.21 Å². The highest BCUT2D eigenvalue weighted by atomic mass is 35.5. The maximum absolute atomic E-state index is 10.9. The Morgan fingerprint density at radius 3 is 2.56 bits per heavy atom. The number of hydrogen-bond acceptors (Lipinski definition) is 2. The van der Waals surface area contributed by atoms with E-state index < -0.39 is 0 Å². The predicted molar refractivity (Wildman–Crippen MR) is 65.3 cm³/mol. The number of carbonyl (C=O) groups excluding carboxylic acids is 1. The molecule has 0 aliphatic rings. The van der Waals surface area contributed by atoms with Gasteiger partial charge in [0.1, 0.15) is 5.58 Å². The molecule has 0 saturated carbocycles. The third-order valence-corrected chi connectivity index (χ3v) is 2.95. The van der Waals surface area contributed by atoms with Crippen molar-refractivity contribution >= 4 is 28.9 Å². The third-order valence-electron chi connectivity index (χ3n) is 2.66. The summed E-state index contributed by atoms with van der Waals surface area (Å²) in [6.45, 7) is 6.36. The number of furan rings is 1. The van der Waals surface area contributed by atoms with Gasteiger partial charge in [-0.15, -0.1) is 0 Å². The summed E-state index contributed by atoms with van der Waals surface area (Å²) in [6, 6.07) is 5.82. The smallest absolute Gasteiger partial charge is 0.205 e. The van der Waals surface area contributed by atoms with Gasteiger partial charge in [-0.2, -0.15) is 0 Å². The average Bonchev–Trinajstić information content (AvgIpc) is 2.50. The van der Waals surface area contributed by atoms with E-state index in [-0.39, 0.29) is 10.6 Å². The molecular formula is C13H13ClO2. The Morgan fingerprint density at radius 1 is 1.31 bits per heavy atom. The molecule has 0 aliphatic carbocycles. The molecule has 16 heavy (non-hydrogen) atoms. The van der Waals surface area contributed by atoms with Crippen LogP contribution in [0.5, 0.6) is 0 Å². The Labute approximate surface area is 99.2 Å². The molecule has 0 saturated heterocycles. The number of carbonyl (C=O) groups is 1. The second kappa shape index (κ2) is 3.63. The van der Waals surface area contributed by atoms with Gasteiger partial charge >= 0.3 is 0 Å².